The molecule has 31 heavy (non-hydrogen) atoms. The molecule has 1 saturated heterocycles. The van der Waals surface area contributed by atoms with E-state index < -0.39 is 0 Å². The van der Waals surface area contributed by atoms with Crippen LogP contribution in [0, 0.1) is 0 Å². The Hall–Kier alpha value is -2.42. The molecule has 3 aromatic rings. The minimum absolute atomic E-state index is 0.359. The summed E-state index contributed by atoms with van der Waals surface area (Å²) in [5, 5.41) is 4.25. The fourth-order valence-electron chi connectivity index (χ4n) is 3.80. The van der Waals surface area contributed by atoms with Gasteiger partial charge in [-0.1, -0.05) is 22.0 Å². The van der Waals surface area contributed by atoms with Crippen LogP contribution >= 0.6 is 15.9 Å². The van der Waals surface area contributed by atoms with Crippen LogP contribution in [0.4, 0.5) is 11.5 Å². The van der Waals surface area contributed by atoms with E-state index in [2.05, 4.69) is 36.1 Å². The average molecular weight is 487 g/mol. The zero-order valence-electron chi connectivity index (χ0n) is 17.8. The summed E-state index contributed by atoms with van der Waals surface area (Å²) in [4.78, 5) is 11.3. The minimum Gasteiger partial charge on any atom is -0.493 e. The van der Waals surface area contributed by atoms with Crippen LogP contribution in [0.25, 0.3) is 10.9 Å². The highest BCUT2D eigenvalue weighted by molar-refractivity contribution is 9.10. The van der Waals surface area contributed by atoms with E-state index in [1.54, 1.807) is 20.5 Å². The van der Waals surface area contributed by atoms with Crippen molar-refractivity contribution >= 4 is 38.3 Å². The summed E-state index contributed by atoms with van der Waals surface area (Å²) in [6.45, 7) is 3.68. The molecule has 4 rings (SSSR count). The lowest BCUT2D eigenvalue weighted by atomic mass is 10.2. The minimum atomic E-state index is 0.359. The van der Waals surface area contributed by atoms with Crippen LogP contribution in [0.1, 0.15) is 12.8 Å². The van der Waals surface area contributed by atoms with Crippen molar-refractivity contribution in [2.75, 3.05) is 45.8 Å². The number of halogens is 1. The third-order valence-corrected chi connectivity index (χ3v) is 5.94. The molecule has 1 aliphatic rings. The molecule has 0 aliphatic carbocycles. The molecule has 1 aliphatic heterocycles. The van der Waals surface area contributed by atoms with E-state index in [9.17, 15) is 0 Å². The SMILES string of the molecule is COc1cc2ncnc(Nc3cccc(Br)c3)c2cc1OCCCN1CCC(OC)C1. The summed E-state index contributed by atoms with van der Waals surface area (Å²) >= 11 is 3.50. The first-order valence-corrected chi connectivity index (χ1v) is 11.2. The van der Waals surface area contributed by atoms with Gasteiger partial charge in [0.1, 0.15) is 12.1 Å². The summed E-state index contributed by atoms with van der Waals surface area (Å²) in [7, 11) is 3.43. The van der Waals surface area contributed by atoms with E-state index in [0.29, 0.717) is 24.2 Å². The summed E-state index contributed by atoms with van der Waals surface area (Å²) in [5.41, 5.74) is 1.73. The maximum atomic E-state index is 6.10. The lowest BCUT2D eigenvalue weighted by molar-refractivity contribution is 0.107. The molecule has 2 heterocycles. The number of ether oxygens (including phenoxy) is 3. The topological polar surface area (TPSA) is 68.7 Å². The molecule has 1 atom stereocenters. The highest BCUT2D eigenvalue weighted by Crippen LogP contribution is 2.35. The first-order chi connectivity index (χ1) is 15.2. The maximum absolute atomic E-state index is 6.10. The molecule has 0 bridgehead atoms. The van der Waals surface area contributed by atoms with Crippen molar-refractivity contribution < 1.29 is 14.2 Å². The number of anilines is 2. The molecule has 1 fully saturated rings. The number of hydrogen-bond acceptors (Lipinski definition) is 7. The van der Waals surface area contributed by atoms with Gasteiger partial charge in [0.05, 0.1) is 25.3 Å². The Labute approximate surface area is 190 Å². The lowest BCUT2D eigenvalue weighted by Crippen LogP contribution is -2.25. The van der Waals surface area contributed by atoms with E-state index in [1.807, 2.05) is 36.4 Å². The smallest absolute Gasteiger partial charge is 0.162 e. The largest absolute Gasteiger partial charge is 0.493 e. The molecule has 0 spiro atoms. The van der Waals surface area contributed by atoms with E-state index >= 15 is 0 Å². The first-order valence-electron chi connectivity index (χ1n) is 10.4. The van der Waals surface area contributed by atoms with Crippen molar-refractivity contribution in [3.63, 3.8) is 0 Å². The number of nitrogens with one attached hydrogen (secondary N) is 1. The highest BCUT2D eigenvalue weighted by Gasteiger charge is 2.21. The molecule has 1 unspecified atom stereocenters. The second kappa shape index (κ2) is 10.3. The second-order valence-electron chi connectivity index (χ2n) is 7.53. The average Bonchev–Trinajstić information content (AvgIpc) is 3.24. The van der Waals surface area contributed by atoms with Gasteiger partial charge in [0.2, 0.25) is 0 Å². The molecule has 164 valence electrons. The lowest BCUT2D eigenvalue weighted by Gasteiger charge is -2.17. The Morgan fingerprint density at radius 2 is 2.06 bits per heavy atom. The zero-order valence-corrected chi connectivity index (χ0v) is 19.4. The summed E-state index contributed by atoms with van der Waals surface area (Å²) in [5.74, 6) is 2.08. The molecule has 0 amide bonds. The Morgan fingerprint density at radius 1 is 1.16 bits per heavy atom. The predicted octanol–water partition coefficient (Wildman–Crippen LogP) is 4.63. The van der Waals surface area contributed by atoms with Gasteiger partial charge in [-0.2, -0.15) is 0 Å². The zero-order chi connectivity index (χ0) is 21.6. The van der Waals surface area contributed by atoms with Crippen LogP contribution in [-0.2, 0) is 4.74 Å². The number of benzene rings is 2. The number of methoxy groups -OCH3 is 2. The van der Waals surface area contributed by atoms with Gasteiger partial charge in [-0.15, -0.1) is 0 Å². The molecule has 8 heteroatoms. The molecule has 0 saturated carbocycles. The molecule has 2 aromatic carbocycles. The Morgan fingerprint density at radius 3 is 2.84 bits per heavy atom. The second-order valence-corrected chi connectivity index (χ2v) is 8.44. The quantitative estimate of drug-likeness (QED) is 0.442. The van der Waals surface area contributed by atoms with Gasteiger partial charge in [-0.3, -0.25) is 0 Å². The molecular formula is C23H27BrN4O3. The number of likely N-dealkylation sites (tertiary alicyclic amines) is 1. The fourth-order valence-corrected chi connectivity index (χ4v) is 4.20. The summed E-state index contributed by atoms with van der Waals surface area (Å²) in [6.07, 6.45) is 3.94. The number of rotatable bonds is 9. The van der Waals surface area contributed by atoms with E-state index in [-0.39, 0.29) is 0 Å². The van der Waals surface area contributed by atoms with Gasteiger partial charge >= 0.3 is 0 Å². The van der Waals surface area contributed by atoms with Crippen LogP contribution in [0.5, 0.6) is 11.5 Å². The van der Waals surface area contributed by atoms with Crippen molar-refractivity contribution in [1.82, 2.24) is 14.9 Å². The predicted molar refractivity (Wildman–Crippen MR) is 125 cm³/mol. The number of aromatic nitrogens is 2. The Bertz CT molecular complexity index is 1030. The van der Waals surface area contributed by atoms with Gasteiger partial charge in [0.25, 0.3) is 0 Å². The molecular weight excluding hydrogens is 460 g/mol. The Balaban J connectivity index is 1.47. The number of fused-ring (bicyclic) bond motifs is 1. The fraction of sp³-hybridized carbons (Fsp3) is 0.391. The van der Waals surface area contributed by atoms with Gasteiger partial charge in [-0.05, 0) is 37.1 Å². The number of nitrogens with zero attached hydrogens (tertiary/aromatic N) is 3. The van der Waals surface area contributed by atoms with Crippen molar-refractivity contribution in [3.8, 4) is 11.5 Å². The maximum Gasteiger partial charge on any atom is 0.162 e. The summed E-state index contributed by atoms with van der Waals surface area (Å²) < 4.78 is 18.1. The molecule has 7 nitrogen and oxygen atoms in total. The molecule has 1 N–H and O–H groups in total. The first kappa shape index (κ1) is 21.8. The standard InChI is InChI=1S/C23H27BrN4O3/c1-29-18-7-9-28(14-18)8-4-10-31-22-12-19-20(13-21(22)30-2)25-15-26-23(19)27-17-6-3-5-16(24)11-17/h3,5-6,11-13,15,18H,4,7-10,14H2,1-2H3,(H,25,26,27). The molecule has 1 aromatic heterocycles. The van der Waals surface area contributed by atoms with Gasteiger partial charge < -0.3 is 24.4 Å². The van der Waals surface area contributed by atoms with Gasteiger partial charge in [-0.25, -0.2) is 9.97 Å². The van der Waals surface area contributed by atoms with E-state index in [1.165, 1.54) is 0 Å². The highest BCUT2D eigenvalue weighted by atomic mass is 79.9. The number of hydrogen-bond donors (Lipinski definition) is 1. The van der Waals surface area contributed by atoms with Crippen molar-refractivity contribution in [2.24, 2.45) is 0 Å². The van der Waals surface area contributed by atoms with Crippen LogP contribution in [0.15, 0.2) is 47.2 Å². The third-order valence-electron chi connectivity index (χ3n) is 5.45. The van der Waals surface area contributed by atoms with Crippen LogP contribution in [0.2, 0.25) is 0 Å². The van der Waals surface area contributed by atoms with Gasteiger partial charge in [0, 0.05) is 48.4 Å². The van der Waals surface area contributed by atoms with Crippen molar-refractivity contribution in [1.29, 1.82) is 0 Å². The van der Waals surface area contributed by atoms with Crippen molar-refractivity contribution in [3.05, 3.63) is 47.2 Å². The normalized spacial score (nSPS) is 16.5. The summed E-state index contributed by atoms with van der Waals surface area (Å²) in [6, 6.07) is 11.8. The van der Waals surface area contributed by atoms with Crippen molar-refractivity contribution in [2.45, 2.75) is 18.9 Å². The van der Waals surface area contributed by atoms with E-state index in [4.69, 9.17) is 14.2 Å². The van der Waals surface area contributed by atoms with Crippen LogP contribution in [-0.4, -0.2) is 61.4 Å². The third kappa shape index (κ3) is 5.44. The van der Waals surface area contributed by atoms with Crippen LogP contribution < -0.4 is 14.8 Å². The van der Waals surface area contributed by atoms with E-state index in [0.717, 1.165) is 59.4 Å². The Kier molecular flexibility index (Phi) is 7.21. The van der Waals surface area contributed by atoms with Crippen LogP contribution in [0.3, 0.4) is 0 Å². The monoisotopic (exact) mass is 486 g/mol. The van der Waals surface area contributed by atoms with Gasteiger partial charge in [0.15, 0.2) is 11.5 Å². The molecule has 0 radical (unpaired) electrons.